The van der Waals surface area contributed by atoms with Crippen LogP contribution < -0.4 is 15.2 Å². The maximum Gasteiger partial charge on any atom is 0.253 e. The van der Waals surface area contributed by atoms with E-state index < -0.39 is 10.0 Å². The smallest absolute Gasteiger partial charge is 0.253 e. The average molecular weight is 399 g/mol. The number of nitrogens with two attached hydrogens (primary N) is 1. The highest BCUT2D eigenvalue weighted by Crippen LogP contribution is 2.22. The first kappa shape index (κ1) is 19.8. The summed E-state index contributed by atoms with van der Waals surface area (Å²) in [4.78, 5) is 17.1. The Morgan fingerprint density at radius 2 is 1.86 bits per heavy atom. The molecule has 1 heterocycles. The predicted octanol–water partition coefficient (Wildman–Crippen LogP) is 2.17. The first-order valence-corrected chi connectivity index (χ1v) is 10.2. The number of rotatable bonds is 6. The van der Waals surface area contributed by atoms with Crippen molar-refractivity contribution in [2.45, 2.75) is 18.2 Å². The minimum Gasteiger partial charge on any atom is -0.497 e. The van der Waals surface area contributed by atoms with Gasteiger partial charge in [0.05, 0.1) is 28.8 Å². The highest BCUT2D eigenvalue weighted by atomic mass is 32.2. The molecule has 8 heteroatoms. The highest BCUT2D eigenvalue weighted by Gasteiger charge is 2.12. The van der Waals surface area contributed by atoms with E-state index in [2.05, 4.69) is 10.3 Å². The Hall–Kier alpha value is -2.97. The van der Waals surface area contributed by atoms with Gasteiger partial charge in [-0.15, -0.1) is 0 Å². The Kier molecular flexibility index (Phi) is 5.62. The van der Waals surface area contributed by atoms with Crippen molar-refractivity contribution in [2.75, 3.05) is 13.7 Å². The number of hydrogen-bond donors (Lipinski definition) is 2. The zero-order chi connectivity index (χ0) is 20.3. The van der Waals surface area contributed by atoms with Crippen molar-refractivity contribution < 1.29 is 17.9 Å². The second-order valence-corrected chi connectivity index (χ2v) is 7.94. The van der Waals surface area contributed by atoms with E-state index >= 15 is 0 Å². The molecule has 3 rings (SSSR count). The fourth-order valence-corrected chi connectivity index (χ4v) is 3.38. The normalized spacial score (nSPS) is 11.4. The molecule has 1 aromatic heterocycles. The van der Waals surface area contributed by atoms with Crippen LogP contribution in [0.15, 0.2) is 53.4 Å². The van der Waals surface area contributed by atoms with Crippen LogP contribution in [0, 0.1) is 6.92 Å². The van der Waals surface area contributed by atoms with Gasteiger partial charge in [0.1, 0.15) is 5.75 Å². The van der Waals surface area contributed by atoms with Crippen LogP contribution in [0.5, 0.6) is 5.75 Å². The summed E-state index contributed by atoms with van der Waals surface area (Å²) >= 11 is 0. The molecule has 0 unspecified atom stereocenters. The summed E-state index contributed by atoms with van der Waals surface area (Å²) in [6.07, 6.45) is 0.560. The van der Waals surface area contributed by atoms with Crippen molar-refractivity contribution in [1.82, 2.24) is 10.3 Å². The van der Waals surface area contributed by atoms with Crippen LogP contribution >= 0.6 is 0 Å². The topological polar surface area (TPSA) is 111 Å². The lowest BCUT2D eigenvalue weighted by molar-refractivity contribution is 0.0953. The molecule has 0 spiro atoms. The van der Waals surface area contributed by atoms with Crippen LogP contribution in [-0.2, 0) is 16.4 Å². The van der Waals surface area contributed by atoms with Gasteiger partial charge in [-0.25, -0.2) is 13.6 Å². The zero-order valence-corrected chi connectivity index (χ0v) is 16.4. The fourth-order valence-electron chi connectivity index (χ4n) is 2.87. The summed E-state index contributed by atoms with van der Waals surface area (Å²) < 4.78 is 27.8. The summed E-state index contributed by atoms with van der Waals surface area (Å²) in [6, 6.07) is 13.6. The van der Waals surface area contributed by atoms with E-state index in [0.29, 0.717) is 30.0 Å². The van der Waals surface area contributed by atoms with Gasteiger partial charge < -0.3 is 10.1 Å². The lowest BCUT2D eigenvalue weighted by Gasteiger charge is -2.10. The molecule has 1 amide bonds. The predicted molar refractivity (Wildman–Crippen MR) is 107 cm³/mol. The molecule has 0 saturated carbocycles. The maximum atomic E-state index is 12.6. The van der Waals surface area contributed by atoms with Crippen molar-refractivity contribution >= 4 is 26.8 Å². The first-order chi connectivity index (χ1) is 13.3. The molecule has 0 radical (unpaired) electrons. The molecule has 28 heavy (non-hydrogen) atoms. The Labute approximate surface area is 163 Å². The van der Waals surface area contributed by atoms with E-state index in [4.69, 9.17) is 9.88 Å². The van der Waals surface area contributed by atoms with Gasteiger partial charge in [0.25, 0.3) is 5.91 Å². The van der Waals surface area contributed by atoms with Crippen molar-refractivity contribution in [3.63, 3.8) is 0 Å². The third-order valence-corrected chi connectivity index (χ3v) is 5.34. The third-order valence-electron chi connectivity index (χ3n) is 4.41. The Morgan fingerprint density at radius 3 is 2.50 bits per heavy atom. The van der Waals surface area contributed by atoms with Gasteiger partial charge in [-0.3, -0.25) is 9.78 Å². The van der Waals surface area contributed by atoms with Gasteiger partial charge in [0.15, 0.2) is 0 Å². The molecule has 0 aliphatic carbocycles. The van der Waals surface area contributed by atoms with Crippen molar-refractivity contribution in [3.8, 4) is 5.75 Å². The van der Waals surface area contributed by atoms with Gasteiger partial charge in [-0.1, -0.05) is 12.1 Å². The Bertz CT molecular complexity index is 1130. The molecule has 0 bridgehead atoms. The van der Waals surface area contributed by atoms with Crippen LogP contribution in [-0.4, -0.2) is 33.0 Å². The number of aromatic nitrogens is 1. The van der Waals surface area contributed by atoms with E-state index in [1.54, 1.807) is 32.2 Å². The number of aryl methyl sites for hydroxylation is 1. The fraction of sp³-hybridized carbons (Fsp3) is 0.200. The number of amides is 1. The van der Waals surface area contributed by atoms with Crippen molar-refractivity contribution in [3.05, 3.63) is 65.4 Å². The monoisotopic (exact) mass is 399 g/mol. The third kappa shape index (κ3) is 4.47. The van der Waals surface area contributed by atoms with E-state index in [-0.39, 0.29) is 10.8 Å². The number of carbonyl (C=O) groups is 1. The molecule has 3 N–H and O–H groups in total. The minimum atomic E-state index is -3.70. The molecular weight excluding hydrogens is 378 g/mol. The van der Waals surface area contributed by atoms with Gasteiger partial charge >= 0.3 is 0 Å². The first-order valence-electron chi connectivity index (χ1n) is 8.63. The Balaban J connectivity index is 1.68. The average Bonchev–Trinajstić information content (AvgIpc) is 2.66. The zero-order valence-electron chi connectivity index (χ0n) is 15.6. The molecule has 0 fully saturated rings. The van der Waals surface area contributed by atoms with Gasteiger partial charge in [-0.2, -0.15) is 0 Å². The van der Waals surface area contributed by atoms with Gasteiger partial charge in [0.2, 0.25) is 10.0 Å². The summed E-state index contributed by atoms with van der Waals surface area (Å²) in [7, 11) is -2.11. The molecule has 0 atom stereocenters. The van der Waals surface area contributed by atoms with E-state index in [1.165, 1.54) is 12.1 Å². The quantitative estimate of drug-likeness (QED) is 0.660. The van der Waals surface area contributed by atoms with Crippen molar-refractivity contribution in [2.24, 2.45) is 5.14 Å². The molecule has 2 aromatic carbocycles. The Morgan fingerprint density at radius 1 is 1.14 bits per heavy atom. The number of nitrogens with zero attached hydrogens (tertiary/aromatic N) is 1. The van der Waals surface area contributed by atoms with Crippen LogP contribution in [0.1, 0.15) is 21.6 Å². The number of methoxy groups -OCH3 is 1. The molecule has 7 nitrogen and oxygen atoms in total. The standard InChI is InChI=1S/C20H21N3O4S/c1-13-18(12-15-11-16(27-2)5-8-19(15)23-13)20(24)22-10-9-14-3-6-17(7-4-14)28(21,25)26/h3-8,11-12H,9-10H2,1-2H3,(H,22,24)(H2,21,25,26). The second kappa shape index (κ2) is 7.95. The number of ether oxygens (including phenoxy) is 1. The van der Waals surface area contributed by atoms with E-state index in [9.17, 15) is 13.2 Å². The van der Waals surface area contributed by atoms with E-state index in [0.717, 1.165) is 16.5 Å². The van der Waals surface area contributed by atoms with Gasteiger partial charge in [0, 0.05) is 11.9 Å². The lowest BCUT2D eigenvalue weighted by Crippen LogP contribution is -2.26. The van der Waals surface area contributed by atoms with Gasteiger partial charge in [-0.05, 0) is 55.3 Å². The lowest BCUT2D eigenvalue weighted by atomic mass is 10.1. The number of primary sulfonamides is 1. The minimum absolute atomic E-state index is 0.0635. The molecule has 0 aliphatic heterocycles. The van der Waals surface area contributed by atoms with Crippen molar-refractivity contribution in [1.29, 1.82) is 0 Å². The number of carbonyl (C=O) groups excluding carboxylic acids is 1. The van der Waals surface area contributed by atoms with Crippen LogP contribution in [0.25, 0.3) is 10.9 Å². The molecule has 3 aromatic rings. The summed E-state index contributed by atoms with van der Waals surface area (Å²) in [6.45, 7) is 2.20. The van der Waals surface area contributed by atoms with Crippen LogP contribution in [0.3, 0.4) is 0 Å². The highest BCUT2D eigenvalue weighted by molar-refractivity contribution is 7.89. The number of nitrogens with one attached hydrogen (secondary N) is 1. The maximum absolute atomic E-state index is 12.6. The molecular formula is C20H21N3O4S. The summed E-state index contributed by atoms with van der Waals surface area (Å²) in [5.74, 6) is 0.489. The van der Waals surface area contributed by atoms with Crippen LogP contribution in [0.2, 0.25) is 0 Å². The largest absolute Gasteiger partial charge is 0.497 e. The SMILES string of the molecule is COc1ccc2nc(C)c(C(=O)NCCc3ccc(S(N)(=O)=O)cc3)cc2c1. The number of benzene rings is 2. The molecule has 146 valence electrons. The number of sulfonamides is 1. The van der Waals surface area contributed by atoms with E-state index in [1.807, 2.05) is 18.2 Å². The van der Waals surface area contributed by atoms with Crippen LogP contribution in [0.4, 0.5) is 0 Å². The molecule has 0 aliphatic rings. The summed E-state index contributed by atoms with van der Waals surface area (Å²) in [5, 5.41) is 8.79. The number of hydrogen-bond acceptors (Lipinski definition) is 5. The second-order valence-electron chi connectivity index (χ2n) is 6.37. The summed E-state index contributed by atoms with van der Waals surface area (Å²) in [5.41, 5.74) is 2.84. The molecule has 0 saturated heterocycles. The number of pyridine rings is 1. The number of fused-ring (bicyclic) bond motifs is 1.